The maximum absolute atomic E-state index is 12.5. The molecule has 0 aliphatic heterocycles. The van der Waals surface area contributed by atoms with E-state index in [1.165, 1.54) is 0 Å². The number of nitrogens with one attached hydrogen (secondary N) is 1. The minimum atomic E-state index is -0.891. The van der Waals surface area contributed by atoms with Crippen molar-refractivity contribution in [1.29, 1.82) is 0 Å². The Kier molecular flexibility index (Phi) is 3.41. The molecule has 5 heteroatoms. The maximum atomic E-state index is 12.5. The zero-order chi connectivity index (χ0) is 15.0. The molecular weight excluding hydrogens is 270 g/mol. The molecule has 1 saturated carbocycles. The van der Waals surface area contributed by atoms with Crippen molar-refractivity contribution in [2.45, 2.75) is 6.42 Å². The molecule has 5 nitrogen and oxygen atoms in total. The number of benzene rings is 1. The zero-order valence-corrected chi connectivity index (χ0v) is 11.7. The van der Waals surface area contributed by atoms with Crippen LogP contribution in [0.4, 0.5) is 5.69 Å². The van der Waals surface area contributed by atoms with Gasteiger partial charge in [0, 0.05) is 11.8 Å². The molecule has 0 heterocycles. The fourth-order valence-corrected chi connectivity index (χ4v) is 3.44. The molecule has 4 atom stereocenters. The maximum Gasteiger partial charge on any atom is 0.307 e. The van der Waals surface area contributed by atoms with Crippen molar-refractivity contribution >= 4 is 17.6 Å². The number of carboxylic acids is 1. The van der Waals surface area contributed by atoms with Gasteiger partial charge in [-0.1, -0.05) is 18.2 Å². The number of fused-ring (bicyclic) bond motifs is 2. The van der Waals surface area contributed by atoms with Crippen LogP contribution in [0.2, 0.25) is 0 Å². The highest BCUT2D eigenvalue weighted by molar-refractivity contribution is 5.96. The Morgan fingerprint density at radius 2 is 1.95 bits per heavy atom. The lowest BCUT2D eigenvalue weighted by Crippen LogP contribution is -2.36. The molecule has 110 valence electrons. The number of allylic oxidation sites excluding steroid dienone is 2. The summed E-state index contributed by atoms with van der Waals surface area (Å²) >= 11 is 0. The van der Waals surface area contributed by atoms with E-state index in [9.17, 15) is 14.7 Å². The van der Waals surface area contributed by atoms with E-state index >= 15 is 0 Å². The van der Waals surface area contributed by atoms with E-state index in [1.807, 2.05) is 12.2 Å². The number of hydrogen-bond donors (Lipinski definition) is 2. The van der Waals surface area contributed by atoms with Crippen molar-refractivity contribution in [3.05, 3.63) is 36.4 Å². The van der Waals surface area contributed by atoms with Crippen LogP contribution in [0.25, 0.3) is 0 Å². The number of hydrogen-bond acceptors (Lipinski definition) is 3. The molecule has 2 aliphatic rings. The quantitative estimate of drug-likeness (QED) is 0.832. The fraction of sp³-hybridized carbons (Fsp3) is 0.375. The summed E-state index contributed by atoms with van der Waals surface area (Å²) < 4.78 is 5.11. The van der Waals surface area contributed by atoms with Crippen molar-refractivity contribution in [2.75, 3.05) is 12.4 Å². The summed E-state index contributed by atoms with van der Waals surface area (Å²) in [5, 5.41) is 12.2. The van der Waals surface area contributed by atoms with Crippen LogP contribution in [0.5, 0.6) is 5.75 Å². The topological polar surface area (TPSA) is 75.6 Å². The lowest BCUT2D eigenvalue weighted by molar-refractivity contribution is -0.146. The second-order valence-corrected chi connectivity index (χ2v) is 5.56. The molecule has 2 bridgehead atoms. The normalized spacial score (nSPS) is 29.4. The fourth-order valence-electron chi connectivity index (χ4n) is 3.44. The van der Waals surface area contributed by atoms with Crippen LogP contribution in [0, 0.1) is 23.7 Å². The van der Waals surface area contributed by atoms with Gasteiger partial charge in [-0.05, 0) is 30.4 Å². The molecule has 0 aromatic heterocycles. The summed E-state index contributed by atoms with van der Waals surface area (Å²) in [6, 6.07) is 7.05. The molecule has 0 unspecified atom stereocenters. The Hall–Kier alpha value is -2.30. The third kappa shape index (κ3) is 2.39. The second kappa shape index (κ2) is 5.24. The van der Waals surface area contributed by atoms with Crippen LogP contribution in [0.15, 0.2) is 36.4 Å². The molecule has 1 amide bonds. The Bertz CT molecular complexity index is 610. The van der Waals surface area contributed by atoms with Crippen LogP contribution in [0.3, 0.4) is 0 Å². The SMILES string of the molecule is COc1cccc(NC(=O)[C@H]2[C@@H](C(=O)O)[C@@H]3C=C[C@@H]2C3)c1. The van der Waals surface area contributed by atoms with E-state index in [-0.39, 0.29) is 17.7 Å². The van der Waals surface area contributed by atoms with Gasteiger partial charge in [-0.2, -0.15) is 0 Å². The van der Waals surface area contributed by atoms with Gasteiger partial charge in [0.25, 0.3) is 0 Å². The number of carbonyl (C=O) groups excluding carboxylic acids is 1. The average molecular weight is 287 g/mol. The van der Waals surface area contributed by atoms with Crippen LogP contribution in [-0.2, 0) is 9.59 Å². The number of aliphatic carboxylic acids is 1. The molecular formula is C16H17NO4. The number of anilines is 1. The van der Waals surface area contributed by atoms with Crippen LogP contribution < -0.4 is 10.1 Å². The van der Waals surface area contributed by atoms with Crippen molar-refractivity contribution in [2.24, 2.45) is 23.7 Å². The van der Waals surface area contributed by atoms with Crippen LogP contribution in [0.1, 0.15) is 6.42 Å². The van der Waals surface area contributed by atoms with E-state index < -0.39 is 17.8 Å². The largest absolute Gasteiger partial charge is 0.497 e. The molecule has 0 saturated heterocycles. The molecule has 3 rings (SSSR count). The highest BCUT2D eigenvalue weighted by Crippen LogP contribution is 2.48. The second-order valence-electron chi connectivity index (χ2n) is 5.56. The van der Waals surface area contributed by atoms with Crippen LogP contribution in [-0.4, -0.2) is 24.1 Å². The average Bonchev–Trinajstić information content (AvgIpc) is 3.07. The highest BCUT2D eigenvalue weighted by atomic mass is 16.5. The molecule has 2 N–H and O–H groups in total. The summed E-state index contributed by atoms with van der Waals surface area (Å²) in [6.45, 7) is 0. The summed E-state index contributed by atoms with van der Waals surface area (Å²) in [5.41, 5.74) is 0.621. The smallest absolute Gasteiger partial charge is 0.307 e. The number of methoxy groups -OCH3 is 1. The van der Waals surface area contributed by atoms with Gasteiger partial charge in [-0.15, -0.1) is 0 Å². The number of carboxylic acid groups (broad SMARTS) is 1. The summed E-state index contributed by atoms with van der Waals surface area (Å²) in [6.07, 6.45) is 4.66. The lowest BCUT2D eigenvalue weighted by atomic mass is 9.82. The van der Waals surface area contributed by atoms with Gasteiger partial charge in [-0.25, -0.2) is 0 Å². The van der Waals surface area contributed by atoms with E-state index in [1.54, 1.807) is 31.4 Å². The molecule has 1 aromatic rings. The molecule has 21 heavy (non-hydrogen) atoms. The minimum absolute atomic E-state index is 0.0199. The molecule has 0 spiro atoms. The third-order valence-corrected chi connectivity index (χ3v) is 4.38. The monoisotopic (exact) mass is 287 g/mol. The van der Waals surface area contributed by atoms with E-state index in [0.717, 1.165) is 6.42 Å². The predicted octanol–water partition coefficient (Wildman–Crippen LogP) is 2.16. The van der Waals surface area contributed by atoms with Gasteiger partial charge in [0.1, 0.15) is 5.75 Å². The van der Waals surface area contributed by atoms with Crippen molar-refractivity contribution in [1.82, 2.24) is 0 Å². The van der Waals surface area contributed by atoms with Gasteiger partial charge >= 0.3 is 5.97 Å². The van der Waals surface area contributed by atoms with Crippen molar-refractivity contribution < 1.29 is 19.4 Å². The van der Waals surface area contributed by atoms with Crippen LogP contribution >= 0.6 is 0 Å². The molecule has 2 aliphatic carbocycles. The zero-order valence-electron chi connectivity index (χ0n) is 11.7. The minimum Gasteiger partial charge on any atom is -0.497 e. The Labute approximate surface area is 122 Å². The Morgan fingerprint density at radius 3 is 2.62 bits per heavy atom. The first-order valence-electron chi connectivity index (χ1n) is 6.96. The first kappa shape index (κ1) is 13.7. The van der Waals surface area contributed by atoms with Gasteiger partial charge in [0.2, 0.25) is 5.91 Å². The third-order valence-electron chi connectivity index (χ3n) is 4.38. The number of amides is 1. The van der Waals surface area contributed by atoms with Crippen molar-refractivity contribution in [3.8, 4) is 5.75 Å². The molecule has 1 aromatic carbocycles. The van der Waals surface area contributed by atoms with Crippen molar-refractivity contribution in [3.63, 3.8) is 0 Å². The Balaban J connectivity index is 1.78. The molecule has 1 fully saturated rings. The number of carbonyl (C=O) groups is 2. The predicted molar refractivity (Wildman–Crippen MR) is 77.0 cm³/mol. The highest BCUT2D eigenvalue weighted by Gasteiger charge is 2.51. The number of ether oxygens (including phenoxy) is 1. The summed E-state index contributed by atoms with van der Waals surface area (Å²) in [4.78, 5) is 23.9. The molecule has 0 radical (unpaired) electrons. The summed E-state index contributed by atoms with van der Waals surface area (Å²) in [5.74, 6) is -1.58. The number of rotatable bonds is 4. The first-order valence-corrected chi connectivity index (χ1v) is 6.96. The van der Waals surface area contributed by atoms with Gasteiger partial charge < -0.3 is 15.2 Å². The van der Waals surface area contributed by atoms with E-state index in [4.69, 9.17) is 4.74 Å². The van der Waals surface area contributed by atoms with Gasteiger partial charge in [-0.3, -0.25) is 9.59 Å². The summed E-state index contributed by atoms with van der Waals surface area (Å²) in [7, 11) is 1.56. The first-order chi connectivity index (χ1) is 10.1. The standard InChI is InChI=1S/C16H17NO4/c1-21-12-4-2-3-11(8-12)17-15(18)13-9-5-6-10(7-9)14(13)16(19)20/h2-6,8-10,13-14H,7H2,1H3,(H,17,18)(H,19,20)/t9-,10-,13-,14+/m1/s1. The van der Waals surface area contributed by atoms with E-state index in [2.05, 4.69) is 5.32 Å². The van der Waals surface area contributed by atoms with Gasteiger partial charge in [0.15, 0.2) is 0 Å². The van der Waals surface area contributed by atoms with Gasteiger partial charge in [0.05, 0.1) is 18.9 Å². The Morgan fingerprint density at radius 1 is 1.24 bits per heavy atom. The lowest BCUT2D eigenvalue weighted by Gasteiger charge is -2.23. The van der Waals surface area contributed by atoms with E-state index in [0.29, 0.717) is 11.4 Å².